The van der Waals surface area contributed by atoms with E-state index in [0.29, 0.717) is 44.9 Å². The largest absolute Gasteiger partial charge is 0.481 e. The van der Waals surface area contributed by atoms with Crippen molar-refractivity contribution in [2.45, 2.75) is 142 Å². The minimum absolute atomic E-state index is 0.00534. The van der Waals surface area contributed by atoms with E-state index in [0.717, 1.165) is 18.3 Å². The lowest BCUT2D eigenvalue weighted by Gasteiger charge is -2.72. The first kappa shape index (κ1) is 35.4. The highest BCUT2D eigenvalue weighted by molar-refractivity contribution is 5.78. The van der Waals surface area contributed by atoms with Crippen molar-refractivity contribution in [2.75, 3.05) is 6.61 Å². The lowest BCUT2D eigenvalue weighted by Crippen LogP contribution is -2.70. The number of aliphatic carboxylic acids is 1. The summed E-state index contributed by atoms with van der Waals surface area (Å²) >= 11 is 0. The minimum Gasteiger partial charge on any atom is -0.481 e. The van der Waals surface area contributed by atoms with Crippen molar-refractivity contribution in [1.29, 1.82) is 0 Å². The number of fused-ring (bicyclic) bond motifs is 7. The highest BCUT2D eigenvalue weighted by atomic mass is 16.7. The van der Waals surface area contributed by atoms with E-state index in [1.54, 1.807) is 6.92 Å². The van der Waals surface area contributed by atoms with Gasteiger partial charge in [0.1, 0.15) is 36.1 Å². The second kappa shape index (κ2) is 11.3. The summed E-state index contributed by atoms with van der Waals surface area (Å²) in [5.74, 6) is -1.52. The number of rotatable bonds is 5. The number of aldehydes is 1. The van der Waals surface area contributed by atoms with Gasteiger partial charge in [0, 0.05) is 0 Å². The summed E-state index contributed by atoms with van der Waals surface area (Å²) in [4.78, 5) is 26.2. The Bertz CT molecular complexity index is 1300. The van der Waals surface area contributed by atoms with Gasteiger partial charge in [0.2, 0.25) is 0 Å². The number of ether oxygens (including phenoxy) is 2. The van der Waals surface area contributed by atoms with Crippen LogP contribution in [0.15, 0.2) is 11.6 Å². The zero-order chi connectivity index (χ0) is 34.7. The summed E-state index contributed by atoms with van der Waals surface area (Å²) in [6.45, 7) is 12.1. The molecule has 47 heavy (non-hydrogen) atoms. The summed E-state index contributed by atoms with van der Waals surface area (Å²) < 4.78 is 12.4. The number of aliphatic hydroxyl groups excluding tert-OH is 6. The molecule has 16 atom stereocenters. The van der Waals surface area contributed by atoms with Crippen molar-refractivity contribution in [2.24, 2.45) is 50.2 Å². The van der Waals surface area contributed by atoms with E-state index in [4.69, 9.17) is 9.47 Å². The van der Waals surface area contributed by atoms with Gasteiger partial charge < -0.3 is 50.0 Å². The number of carboxylic acid groups (broad SMARTS) is 1. The Kier molecular flexibility index (Phi) is 8.50. The number of hydrogen-bond acceptors (Lipinski definition) is 10. The SMILES string of the molecule is CC1(C)CC[C@@]2(C(=O)O)C(C1)C1=CCC3[C@@]4(C)C[C@H](O)[C@H](O)[C@@](C)(C=O)C4CC[C@@]3(C)[C@]1(C)C[C@H]2O[C@@H]1O[C@H](CO)[C@@H](O)[C@H](O)[C@H]1O. The van der Waals surface area contributed by atoms with Gasteiger partial charge in [-0.1, -0.05) is 53.2 Å². The molecule has 6 aliphatic rings. The van der Waals surface area contributed by atoms with Gasteiger partial charge in [-0.2, -0.15) is 0 Å². The molecule has 0 spiro atoms. The number of hydrogen-bond donors (Lipinski definition) is 7. The first-order valence-corrected chi connectivity index (χ1v) is 17.5. The van der Waals surface area contributed by atoms with Crippen LogP contribution in [0.4, 0.5) is 0 Å². The molecule has 5 fully saturated rings. The molecule has 11 nitrogen and oxygen atoms in total. The minimum atomic E-state index is -1.66. The molecule has 1 saturated heterocycles. The molecule has 3 unspecified atom stereocenters. The average Bonchev–Trinajstić information content (AvgIpc) is 3.00. The van der Waals surface area contributed by atoms with Gasteiger partial charge in [0.15, 0.2) is 6.29 Å². The Labute approximate surface area is 277 Å². The van der Waals surface area contributed by atoms with E-state index >= 15 is 0 Å². The van der Waals surface area contributed by atoms with Crippen molar-refractivity contribution in [3.05, 3.63) is 11.6 Å². The molecule has 6 rings (SSSR count). The fourth-order valence-corrected chi connectivity index (χ4v) is 12.2. The third-order valence-electron chi connectivity index (χ3n) is 15.1. The number of carbonyl (C=O) groups is 2. The lowest BCUT2D eigenvalue weighted by molar-refractivity contribution is -0.330. The molecule has 1 heterocycles. The summed E-state index contributed by atoms with van der Waals surface area (Å²) in [7, 11) is 0. The zero-order valence-electron chi connectivity index (χ0n) is 28.6. The van der Waals surface area contributed by atoms with E-state index in [9.17, 15) is 45.3 Å². The fraction of sp³-hybridized carbons (Fsp3) is 0.889. The van der Waals surface area contributed by atoms with Crippen LogP contribution in [0.3, 0.4) is 0 Å². The fourth-order valence-electron chi connectivity index (χ4n) is 12.2. The summed E-state index contributed by atoms with van der Waals surface area (Å²) in [6.07, 6.45) is -3.34. The second-order valence-electron chi connectivity index (χ2n) is 17.8. The molecule has 5 aliphatic carbocycles. The molecule has 0 radical (unpaired) electrons. The van der Waals surface area contributed by atoms with Crippen molar-refractivity contribution in [3.63, 3.8) is 0 Å². The van der Waals surface area contributed by atoms with Crippen LogP contribution in [0.1, 0.15) is 92.9 Å². The molecular weight excluding hydrogens is 608 g/mol. The molecule has 11 heteroatoms. The first-order valence-electron chi connectivity index (χ1n) is 17.5. The van der Waals surface area contributed by atoms with E-state index in [-0.39, 0.29) is 23.2 Å². The van der Waals surface area contributed by atoms with E-state index < -0.39 is 88.7 Å². The molecule has 0 aromatic heterocycles. The maximum Gasteiger partial charge on any atom is 0.312 e. The van der Waals surface area contributed by atoms with Crippen molar-refractivity contribution >= 4 is 12.3 Å². The number of carbonyl (C=O) groups excluding carboxylic acids is 1. The summed E-state index contributed by atoms with van der Waals surface area (Å²) in [5.41, 5.74) is -2.97. The monoisotopic (exact) mass is 664 g/mol. The predicted molar refractivity (Wildman–Crippen MR) is 168 cm³/mol. The molecule has 266 valence electrons. The molecule has 4 saturated carbocycles. The Balaban J connectivity index is 1.47. The van der Waals surface area contributed by atoms with Gasteiger partial charge in [0.25, 0.3) is 0 Å². The third kappa shape index (κ3) is 4.66. The lowest BCUT2D eigenvalue weighted by atomic mass is 9.33. The van der Waals surface area contributed by atoms with Crippen molar-refractivity contribution in [1.82, 2.24) is 0 Å². The van der Waals surface area contributed by atoms with Crippen LogP contribution in [-0.2, 0) is 19.1 Å². The maximum atomic E-state index is 13.6. The third-order valence-corrected chi connectivity index (χ3v) is 15.1. The molecule has 0 aromatic carbocycles. The van der Waals surface area contributed by atoms with Gasteiger partial charge in [-0.3, -0.25) is 4.79 Å². The van der Waals surface area contributed by atoms with E-state index in [1.165, 1.54) is 0 Å². The van der Waals surface area contributed by atoms with Crippen molar-refractivity contribution in [3.8, 4) is 0 Å². The Hall–Kier alpha value is -1.44. The second-order valence-corrected chi connectivity index (χ2v) is 17.8. The highest BCUT2D eigenvalue weighted by Gasteiger charge is 2.73. The van der Waals surface area contributed by atoms with Crippen LogP contribution < -0.4 is 0 Å². The zero-order valence-corrected chi connectivity index (χ0v) is 28.6. The number of allylic oxidation sites excluding steroid dienone is 2. The molecule has 0 aromatic rings. The Morgan fingerprint density at radius 3 is 2.23 bits per heavy atom. The van der Waals surface area contributed by atoms with Crippen LogP contribution in [0.25, 0.3) is 0 Å². The smallest absolute Gasteiger partial charge is 0.312 e. The van der Waals surface area contributed by atoms with Crippen LogP contribution in [0.2, 0.25) is 0 Å². The predicted octanol–water partition coefficient (Wildman–Crippen LogP) is 2.18. The van der Waals surface area contributed by atoms with Crippen LogP contribution in [0, 0.1) is 50.2 Å². The molecule has 0 amide bonds. The number of aliphatic hydroxyl groups is 6. The Morgan fingerprint density at radius 1 is 0.936 bits per heavy atom. The van der Waals surface area contributed by atoms with Crippen molar-refractivity contribution < 1.29 is 54.8 Å². The summed E-state index contributed by atoms with van der Waals surface area (Å²) in [5, 5.41) is 75.2. The Morgan fingerprint density at radius 2 is 1.62 bits per heavy atom. The van der Waals surface area contributed by atoms with E-state index in [2.05, 4.69) is 40.7 Å². The normalized spacial score (nSPS) is 55.4. The topological polar surface area (TPSA) is 194 Å². The van der Waals surface area contributed by atoms with Gasteiger partial charge >= 0.3 is 5.97 Å². The van der Waals surface area contributed by atoms with Crippen LogP contribution in [-0.4, -0.2) is 104 Å². The van der Waals surface area contributed by atoms with Gasteiger partial charge in [-0.25, -0.2) is 0 Å². The highest BCUT2D eigenvalue weighted by Crippen LogP contribution is 2.76. The van der Waals surface area contributed by atoms with E-state index in [1.807, 2.05) is 0 Å². The maximum absolute atomic E-state index is 13.6. The van der Waals surface area contributed by atoms with Gasteiger partial charge in [0.05, 0.1) is 30.3 Å². The molecule has 0 bridgehead atoms. The molecule has 7 N–H and O–H groups in total. The number of carboxylic acids is 1. The quantitative estimate of drug-likeness (QED) is 0.168. The van der Waals surface area contributed by atoms with Gasteiger partial charge in [-0.15, -0.1) is 0 Å². The standard InChI is InChI=1S/C36H56O11/c1-31(2)11-12-36(30(44)45)19(13-31)18-7-8-23-32(3)14-20(39)28(43)33(4,17-38)22(32)9-10-34(23,5)35(18,6)15-24(36)47-29-27(42)26(41)25(40)21(16-37)46-29/h7,17,19-29,37,39-43H,8-16H2,1-6H3,(H,44,45)/t19?,20-,21+,22?,23?,24+,25+,26-,27+,28-,29-,32-,33-,34+,35+,36+/m0/s1. The van der Waals surface area contributed by atoms with Crippen LogP contribution >= 0.6 is 0 Å². The first-order chi connectivity index (χ1) is 21.8. The molecular formula is C36H56O11. The average molecular weight is 665 g/mol. The van der Waals surface area contributed by atoms with Gasteiger partial charge in [-0.05, 0) is 90.8 Å². The summed E-state index contributed by atoms with van der Waals surface area (Å²) in [6, 6.07) is 0. The molecule has 1 aliphatic heterocycles. The van der Waals surface area contributed by atoms with Crippen LogP contribution in [0.5, 0.6) is 0 Å².